The number of phenols is 1. The Balaban J connectivity index is 2.06. The van der Waals surface area contributed by atoms with E-state index in [1.54, 1.807) is 24.0 Å². The fraction of sp³-hybridized carbons (Fsp3) is 0.231. The second-order valence-electron chi connectivity index (χ2n) is 4.01. The van der Waals surface area contributed by atoms with Gasteiger partial charge in [-0.25, -0.2) is 0 Å². The Labute approximate surface area is 110 Å². The van der Waals surface area contributed by atoms with Crippen LogP contribution in [0, 0.1) is 0 Å². The zero-order valence-electron chi connectivity index (χ0n) is 10.8. The summed E-state index contributed by atoms with van der Waals surface area (Å²) in [5, 5.41) is 16.5. The Bertz CT molecular complexity index is 593. The van der Waals surface area contributed by atoms with E-state index >= 15 is 0 Å². The van der Waals surface area contributed by atoms with E-state index < -0.39 is 0 Å². The molecule has 6 nitrogen and oxygen atoms in total. The highest BCUT2D eigenvalue weighted by Gasteiger charge is 2.12. The van der Waals surface area contributed by atoms with Crippen molar-refractivity contribution in [2.45, 2.75) is 6.54 Å². The highest BCUT2D eigenvalue weighted by molar-refractivity contribution is 5.96. The maximum atomic E-state index is 11.9. The lowest BCUT2D eigenvalue weighted by Gasteiger charge is -2.08. The van der Waals surface area contributed by atoms with Crippen LogP contribution in [0.5, 0.6) is 11.5 Å². The maximum Gasteiger partial charge on any atom is 0.255 e. The van der Waals surface area contributed by atoms with E-state index in [-0.39, 0.29) is 17.2 Å². The quantitative estimate of drug-likeness (QED) is 0.863. The average molecular weight is 261 g/mol. The molecule has 0 spiro atoms. The zero-order valence-corrected chi connectivity index (χ0v) is 10.8. The van der Waals surface area contributed by atoms with E-state index in [0.717, 1.165) is 5.69 Å². The molecule has 1 amide bonds. The summed E-state index contributed by atoms with van der Waals surface area (Å²) in [7, 11) is 3.29. The fourth-order valence-electron chi connectivity index (χ4n) is 1.67. The van der Waals surface area contributed by atoms with Crippen LogP contribution in [0.15, 0.2) is 30.5 Å². The monoisotopic (exact) mass is 261 g/mol. The number of aryl methyl sites for hydroxylation is 1. The molecule has 2 aromatic rings. The van der Waals surface area contributed by atoms with Gasteiger partial charge in [-0.05, 0) is 18.2 Å². The van der Waals surface area contributed by atoms with Gasteiger partial charge in [-0.2, -0.15) is 5.10 Å². The van der Waals surface area contributed by atoms with Crippen LogP contribution in [0.4, 0.5) is 0 Å². The summed E-state index contributed by atoms with van der Waals surface area (Å²) in [6, 6.07) is 6.36. The molecular weight excluding hydrogens is 246 g/mol. The second kappa shape index (κ2) is 5.43. The number of hydrogen-bond donors (Lipinski definition) is 2. The van der Waals surface area contributed by atoms with Gasteiger partial charge in [0.25, 0.3) is 5.91 Å². The molecule has 1 aromatic carbocycles. The molecule has 0 aliphatic heterocycles. The van der Waals surface area contributed by atoms with Crippen LogP contribution in [0.2, 0.25) is 0 Å². The van der Waals surface area contributed by atoms with Crippen molar-refractivity contribution in [3.63, 3.8) is 0 Å². The lowest BCUT2D eigenvalue weighted by Crippen LogP contribution is -2.24. The number of nitrogens with zero attached hydrogens (tertiary/aromatic N) is 2. The van der Waals surface area contributed by atoms with Crippen molar-refractivity contribution in [1.29, 1.82) is 0 Å². The number of aromatic hydroxyl groups is 1. The second-order valence-corrected chi connectivity index (χ2v) is 4.01. The Hall–Kier alpha value is -2.50. The van der Waals surface area contributed by atoms with Gasteiger partial charge in [0.2, 0.25) is 0 Å². The van der Waals surface area contributed by atoms with E-state index in [1.165, 1.54) is 19.2 Å². The SMILES string of the molecule is COc1ccc(C(=O)NCc2ccnn2C)c(O)c1. The number of methoxy groups -OCH3 is 1. The van der Waals surface area contributed by atoms with Crippen molar-refractivity contribution >= 4 is 5.91 Å². The summed E-state index contributed by atoms with van der Waals surface area (Å²) in [5.74, 6) is 0.0453. The Morgan fingerprint density at radius 2 is 2.26 bits per heavy atom. The molecule has 0 aliphatic rings. The third kappa shape index (κ3) is 2.85. The van der Waals surface area contributed by atoms with E-state index in [9.17, 15) is 9.90 Å². The minimum absolute atomic E-state index is 0.109. The molecule has 0 saturated heterocycles. The van der Waals surface area contributed by atoms with Gasteiger partial charge in [0.05, 0.1) is 24.9 Å². The number of rotatable bonds is 4. The van der Waals surface area contributed by atoms with E-state index in [4.69, 9.17) is 4.74 Å². The molecule has 0 aliphatic carbocycles. The minimum atomic E-state index is -0.346. The first-order valence-electron chi connectivity index (χ1n) is 5.74. The molecule has 0 fully saturated rings. The predicted octanol–water partition coefficient (Wildman–Crippen LogP) is 1.06. The first-order valence-corrected chi connectivity index (χ1v) is 5.74. The van der Waals surface area contributed by atoms with Gasteiger partial charge in [0.1, 0.15) is 11.5 Å². The van der Waals surface area contributed by atoms with Crippen LogP contribution in [0.1, 0.15) is 16.1 Å². The maximum absolute atomic E-state index is 11.9. The number of aromatic nitrogens is 2. The molecule has 2 rings (SSSR count). The van der Waals surface area contributed by atoms with Gasteiger partial charge in [-0.15, -0.1) is 0 Å². The van der Waals surface area contributed by atoms with Crippen molar-refractivity contribution in [3.05, 3.63) is 41.7 Å². The molecule has 1 aromatic heterocycles. The number of carbonyl (C=O) groups excluding carboxylic acids is 1. The number of carbonyl (C=O) groups is 1. The number of amides is 1. The van der Waals surface area contributed by atoms with Gasteiger partial charge >= 0.3 is 0 Å². The van der Waals surface area contributed by atoms with E-state index in [2.05, 4.69) is 10.4 Å². The Kier molecular flexibility index (Phi) is 3.70. The molecule has 0 saturated carbocycles. The first-order chi connectivity index (χ1) is 9.11. The normalized spacial score (nSPS) is 10.2. The number of hydrogen-bond acceptors (Lipinski definition) is 4. The van der Waals surface area contributed by atoms with E-state index in [1.807, 2.05) is 6.07 Å². The first kappa shape index (κ1) is 12.9. The molecule has 0 atom stereocenters. The third-order valence-electron chi connectivity index (χ3n) is 2.80. The molecule has 100 valence electrons. The minimum Gasteiger partial charge on any atom is -0.507 e. The Morgan fingerprint density at radius 1 is 1.47 bits per heavy atom. The number of benzene rings is 1. The molecule has 1 heterocycles. The average Bonchev–Trinajstić information content (AvgIpc) is 2.81. The number of phenolic OH excluding ortho intramolecular Hbond substituents is 1. The molecular formula is C13H15N3O3. The van der Waals surface area contributed by atoms with Gasteiger partial charge in [-0.3, -0.25) is 9.48 Å². The number of ether oxygens (including phenoxy) is 1. The topological polar surface area (TPSA) is 76.4 Å². The predicted molar refractivity (Wildman–Crippen MR) is 69.0 cm³/mol. The molecule has 0 bridgehead atoms. The van der Waals surface area contributed by atoms with Gasteiger partial charge in [0.15, 0.2) is 0 Å². The summed E-state index contributed by atoms with van der Waals surface area (Å²) >= 11 is 0. The summed E-state index contributed by atoms with van der Waals surface area (Å²) in [6.45, 7) is 0.348. The van der Waals surface area contributed by atoms with Crippen LogP contribution in [-0.2, 0) is 13.6 Å². The van der Waals surface area contributed by atoms with Crippen molar-refractivity contribution in [2.75, 3.05) is 7.11 Å². The smallest absolute Gasteiger partial charge is 0.255 e. The van der Waals surface area contributed by atoms with Crippen LogP contribution in [-0.4, -0.2) is 27.9 Å². The summed E-state index contributed by atoms with van der Waals surface area (Å²) in [4.78, 5) is 11.9. The highest BCUT2D eigenvalue weighted by atomic mass is 16.5. The Morgan fingerprint density at radius 3 is 2.84 bits per heavy atom. The molecule has 6 heteroatoms. The van der Waals surface area contributed by atoms with Crippen molar-refractivity contribution < 1.29 is 14.6 Å². The van der Waals surface area contributed by atoms with Crippen LogP contribution in [0.25, 0.3) is 0 Å². The molecule has 2 N–H and O–H groups in total. The van der Waals surface area contributed by atoms with Crippen LogP contribution >= 0.6 is 0 Å². The van der Waals surface area contributed by atoms with Gasteiger partial charge in [0, 0.05) is 19.3 Å². The summed E-state index contributed by atoms with van der Waals surface area (Å²) in [5.41, 5.74) is 1.09. The highest BCUT2D eigenvalue weighted by Crippen LogP contribution is 2.23. The summed E-state index contributed by atoms with van der Waals surface area (Å²) < 4.78 is 6.64. The molecule has 19 heavy (non-hydrogen) atoms. The van der Waals surface area contributed by atoms with Crippen LogP contribution in [0.3, 0.4) is 0 Å². The van der Waals surface area contributed by atoms with Gasteiger partial charge < -0.3 is 15.2 Å². The fourth-order valence-corrected chi connectivity index (χ4v) is 1.67. The van der Waals surface area contributed by atoms with Crippen molar-refractivity contribution in [1.82, 2.24) is 15.1 Å². The lowest BCUT2D eigenvalue weighted by atomic mass is 10.2. The molecule has 0 radical (unpaired) electrons. The van der Waals surface area contributed by atoms with Crippen molar-refractivity contribution in [3.8, 4) is 11.5 Å². The van der Waals surface area contributed by atoms with Crippen LogP contribution < -0.4 is 10.1 Å². The molecule has 0 unspecified atom stereocenters. The largest absolute Gasteiger partial charge is 0.507 e. The zero-order chi connectivity index (χ0) is 13.8. The van der Waals surface area contributed by atoms with Crippen molar-refractivity contribution in [2.24, 2.45) is 7.05 Å². The summed E-state index contributed by atoms with van der Waals surface area (Å²) in [6.07, 6.45) is 1.66. The third-order valence-corrected chi connectivity index (χ3v) is 2.80. The standard InChI is InChI=1S/C13H15N3O3/c1-16-9(5-6-15-16)8-14-13(18)11-4-3-10(19-2)7-12(11)17/h3-7,17H,8H2,1-2H3,(H,14,18). The van der Waals surface area contributed by atoms with E-state index in [0.29, 0.717) is 12.3 Å². The number of nitrogens with one attached hydrogen (secondary N) is 1. The van der Waals surface area contributed by atoms with Gasteiger partial charge in [-0.1, -0.05) is 0 Å². The lowest BCUT2D eigenvalue weighted by molar-refractivity contribution is 0.0947.